The number of carbonyl (C=O) groups is 3. The Morgan fingerprint density at radius 1 is 1.00 bits per heavy atom. The van der Waals surface area contributed by atoms with Crippen LogP contribution in [0.3, 0.4) is 0 Å². The van der Waals surface area contributed by atoms with Crippen LogP contribution in [0.5, 0.6) is 17.2 Å². The maximum atomic E-state index is 13.8. The molecule has 4 aromatic rings. The summed E-state index contributed by atoms with van der Waals surface area (Å²) in [7, 11) is 1.56. The highest BCUT2D eigenvalue weighted by Gasteiger charge is 2.36. The van der Waals surface area contributed by atoms with Crippen molar-refractivity contribution in [2.24, 2.45) is 0 Å². The summed E-state index contributed by atoms with van der Waals surface area (Å²) in [5.74, 6) is 1.36. The number of nitrogens with zero attached hydrogens (tertiary/aromatic N) is 2. The minimum atomic E-state index is -0.525. The Labute approximate surface area is 260 Å². The van der Waals surface area contributed by atoms with E-state index in [-0.39, 0.29) is 30.9 Å². The minimum Gasteiger partial charge on any atom is -0.496 e. The molecule has 11 nitrogen and oxygen atoms in total. The second-order valence-electron chi connectivity index (χ2n) is 11.1. The van der Waals surface area contributed by atoms with E-state index < -0.39 is 12.1 Å². The molecule has 232 valence electrons. The van der Waals surface area contributed by atoms with E-state index in [0.29, 0.717) is 64.9 Å². The molecule has 0 spiro atoms. The molecule has 0 radical (unpaired) electrons. The number of rotatable bonds is 2. The Balaban J connectivity index is 1.35. The molecule has 2 N–H and O–H groups in total. The molecular weight excluding hydrogens is 576 g/mol. The smallest absolute Gasteiger partial charge is 0.259 e. The van der Waals surface area contributed by atoms with E-state index in [4.69, 9.17) is 18.7 Å². The summed E-state index contributed by atoms with van der Waals surface area (Å²) in [4.78, 5) is 41.6. The molecule has 3 aliphatic rings. The molecule has 0 unspecified atom stereocenters. The van der Waals surface area contributed by atoms with Crippen LogP contribution in [0.4, 0.5) is 0 Å². The van der Waals surface area contributed by atoms with Gasteiger partial charge in [0.05, 0.1) is 18.8 Å². The summed E-state index contributed by atoms with van der Waals surface area (Å²) in [6.07, 6.45) is 0.0730. The standard InChI is InChI=1S/C34H34N4O7/c1-20-32(21(2)45-37-20)34(41)38-14-13-30-28(18-38)36-33(40)24-9-12-29(42-3)27(16-24)23-5-4-6-26(15-23)43-19-31(39)35-17-22-7-10-25(44-30)11-8-22/h4-12,15-16,28,30H,13-14,17-19H2,1-3H3,(H,35,39)(H,36,40)/t28-,30-/m1/s1. The summed E-state index contributed by atoms with van der Waals surface area (Å²) in [6.45, 7) is 4.28. The molecule has 0 saturated carbocycles. The van der Waals surface area contributed by atoms with Gasteiger partial charge in [-0.05, 0) is 67.4 Å². The predicted molar refractivity (Wildman–Crippen MR) is 164 cm³/mol. The number of aromatic nitrogens is 1. The zero-order chi connectivity index (χ0) is 31.5. The van der Waals surface area contributed by atoms with Crippen LogP contribution in [0.2, 0.25) is 0 Å². The van der Waals surface area contributed by atoms with Gasteiger partial charge in [0.1, 0.15) is 34.7 Å². The topological polar surface area (TPSA) is 132 Å². The zero-order valence-electron chi connectivity index (χ0n) is 25.3. The number of aryl methyl sites for hydroxylation is 2. The molecule has 0 aliphatic carbocycles. The van der Waals surface area contributed by atoms with Gasteiger partial charge in [0.15, 0.2) is 6.61 Å². The van der Waals surface area contributed by atoms with Gasteiger partial charge in [-0.3, -0.25) is 14.4 Å². The van der Waals surface area contributed by atoms with Crippen molar-refractivity contribution < 1.29 is 33.1 Å². The molecule has 4 heterocycles. The van der Waals surface area contributed by atoms with E-state index in [1.54, 1.807) is 56.2 Å². The number of methoxy groups -OCH3 is 1. The molecule has 11 heteroatoms. The summed E-state index contributed by atoms with van der Waals surface area (Å²) in [6, 6.07) is 19.3. The van der Waals surface area contributed by atoms with Gasteiger partial charge >= 0.3 is 0 Å². The van der Waals surface area contributed by atoms with E-state index in [1.807, 2.05) is 36.4 Å². The highest BCUT2D eigenvalue weighted by molar-refractivity contribution is 5.97. The fourth-order valence-corrected chi connectivity index (χ4v) is 5.68. The fourth-order valence-electron chi connectivity index (χ4n) is 5.68. The van der Waals surface area contributed by atoms with Gasteiger partial charge in [0.2, 0.25) is 0 Å². The predicted octanol–water partition coefficient (Wildman–Crippen LogP) is 4.07. The van der Waals surface area contributed by atoms with Crippen LogP contribution in [-0.2, 0) is 11.3 Å². The number of nitrogens with one attached hydrogen (secondary N) is 2. The summed E-state index contributed by atoms with van der Waals surface area (Å²) < 4.78 is 23.0. The van der Waals surface area contributed by atoms with Crippen molar-refractivity contribution in [1.82, 2.24) is 20.7 Å². The van der Waals surface area contributed by atoms with E-state index in [9.17, 15) is 14.4 Å². The number of amides is 3. The van der Waals surface area contributed by atoms with Crippen LogP contribution >= 0.6 is 0 Å². The largest absolute Gasteiger partial charge is 0.496 e. The summed E-state index contributed by atoms with van der Waals surface area (Å²) >= 11 is 0. The van der Waals surface area contributed by atoms with E-state index in [0.717, 1.165) is 11.1 Å². The first-order chi connectivity index (χ1) is 21.8. The van der Waals surface area contributed by atoms with Crippen molar-refractivity contribution in [3.8, 4) is 28.4 Å². The van der Waals surface area contributed by atoms with Crippen molar-refractivity contribution in [2.45, 2.75) is 39.0 Å². The summed E-state index contributed by atoms with van der Waals surface area (Å²) in [5.41, 5.74) is 3.68. The third-order valence-corrected chi connectivity index (χ3v) is 8.08. The van der Waals surface area contributed by atoms with E-state index in [1.165, 1.54) is 0 Å². The maximum Gasteiger partial charge on any atom is 0.259 e. The molecule has 2 atom stereocenters. The Morgan fingerprint density at radius 2 is 1.82 bits per heavy atom. The van der Waals surface area contributed by atoms with E-state index in [2.05, 4.69) is 15.8 Å². The number of likely N-dealkylation sites (tertiary alicyclic amines) is 1. The van der Waals surface area contributed by atoms with E-state index >= 15 is 0 Å². The molecule has 6 bridgehead atoms. The van der Waals surface area contributed by atoms with Crippen LogP contribution in [0.1, 0.15) is 44.2 Å². The molecule has 1 aromatic heterocycles. The number of fused-ring (bicyclic) bond motifs is 7. The SMILES string of the molecule is COc1ccc2cc1-c1cccc(c1)OCC(=O)NCc1ccc(cc1)O[C@@H]1CCN(C(=O)c3c(C)noc3C)C[C@H]1NC2=O. The highest BCUT2D eigenvalue weighted by Crippen LogP contribution is 2.33. The lowest BCUT2D eigenvalue weighted by atomic mass is 9.98. The van der Waals surface area contributed by atoms with Gasteiger partial charge in [0.25, 0.3) is 17.7 Å². The van der Waals surface area contributed by atoms with Gasteiger partial charge in [-0.1, -0.05) is 29.4 Å². The third-order valence-electron chi connectivity index (χ3n) is 8.08. The van der Waals surface area contributed by atoms with Crippen molar-refractivity contribution >= 4 is 17.7 Å². The molecule has 7 rings (SSSR count). The minimum absolute atomic E-state index is 0.150. The first-order valence-corrected chi connectivity index (χ1v) is 14.8. The van der Waals surface area contributed by atoms with Crippen LogP contribution in [0, 0.1) is 13.8 Å². The lowest BCUT2D eigenvalue weighted by Crippen LogP contribution is -2.58. The molecular formula is C34H34N4O7. The second kappa shape index (κ2) is 12.7. The molecule has 1 saturated heterocycles. The monoisotopic (exact) mass is 610 g/mol. The molecule has 1 fully saturated rings. The first kappa shape index (κ1) is 29.7. The quantitative estimate of drug-likeness (QED) is 0.347. The molecule has 3 amide bonds. The van der Waals surface area contributed by atoms with Crippen LogP contribution in [0.25, 0.3) is 11.1 Å². The Bertz CT molecular complexity index is 1710. The Morgan fingerprint density at radius 3 is 2.58 bits per heavy atom. The van der Waals surface area contributed by atoms with Crippen molar-refractivity contribution in [3.63, 3.8) is 0 Å². The summed E-state index contributed by atoms with van der Waals surface area (Å²) in [5, 5.41) is 9.95. The van der Waals surface area contributed by atoms with Gasteiger partial charge in [-0.25, -0.2) is 0 Å². The maximum absolute atomic E-state index is 13.8. The molecule has 45 heavy (non-hydrogen) atoms. The van der Waals surface area contributed by atoms with Crippen LogP contribution in [-0.4, -0.2) is 66.7 Å². The van der Waals surface area contributed by atoms with Gasteiger partial charge in [0, 0.05) is 37.2 Å². The van der Waals surface area contributed by atoms with Crippen molar-refractivity contribution in [1.29, 1.82) is 0 Å². The second-order valence-corrected chi connectivity index (χ2v) is 11.1. The lowest BCUT2D eigenvalue weighted by Gasteiger charge is -2.39. The number of benzene rings is 3. The van der Waals surface area contributed by atoms with Gasteiger partial charge < -0.3 is 34.3 Å². The van der Waals surface area contributed by atoms with Gasteiger partial charge in [-0.2, -0.15) is 0 Å². The van der Waals surface area contributed by atoms with Gasteiger partial charge in [-0.15, -0.1) is 0 Å². The number of hydrogen-bond acceptors (Lipinski definition) is 8. The van der Waals surface area contributed by atoms with Crippen molar-refractivity contribution in [2.75, 3.05) is 26.8 Å². The average molecular weight is 611 g/mol. The third kappa shape index (κ3) is 6.47. The number of hydrogen-bond donors (Lipinski definition) is 2. The number of carbonyl (C=O) groups excluding carboxylic acids is 3. The number of piperidine rings is 1. The lowest BCUT2D eigenvalue weighted by molar-refractivity contribution is -0.123. The zero-order valence-corrected chi connectivity index (χ0v) is 25.3. The average Bonchev–Trinajstić information content (AvgIpc) is 3.40. The Kier molecular flexibility index (Phi) is 8.41. The number of ether oxygens (including phenoxy) is 3. The highest BCUT2D eigenvalue weighted by atomic mass is 16.5. The van der Waals surface area contributed by atoms with Crippen LogP contribution in [0.15, 0.2) is 71.3 Å². The van der Waals surface area contributed by atoms with Crippen molar-refractivity contribution in [3.05, 3.63) is 94.9 Å². The molecule has 3 aliphatic heterocycles. The van der Waals surface area contributed by atoms with Crippen LogP contribution < -0.4 is 24.8 Å². The molecule has 3 aromatic carbocycles. The Hall–Kier alpha value is -5.32. The normalized spacial score (nSPS) is 18.5. The fraction of sp³-hybridized carbons (Fsp3) is 0.294. The first-order valence-electron chi connectivity index (χ1n) is 14.8.